The van der Waals surface area contributed by atoms with Crippen LogP contribution in [-0.2, 0) is 21.5 Å². The monoisotopic (exact) mass is 175 g/mol. The van der Waals surface area contributed by atoms with E-state index in [-0.39, 0.29) is 57.7 Å². The molecular formula is H4CaMnO3Si. The summed E-state index contributed by atoms with van der Waals surface area (Å²) < 4.78 is 8.74. The van der Waals surface area contributed by atoms with Crippen LogP contribution in [0.4, 0.5) is 0 Å². The van der Waals surface area contributed by atoms with Gasteiger partial charge in [-0.05, 0) is 0 Å². The molecule has 0 unspecified atom stereocenters. The molecule has 0 aromatic heterocycles. The van der Waals surface area contributed by atoms with Gasteiger partial charge in [-0.15, -0.1) is 0 Å². The van der Waals surface area contributed by atoms with Gasteiger partial charge in [-0.3, -0.25) is 4.46 Å². The van der Waals surface area contributed by atoms with Crippen molar-refractivity contribution < 1.29 is 34.0 Å². The number of rotatable bonds is 0. The molecule has 6 heavy (non-hydrogen) atoms. The molecule has 0 saturated heterocycles. The van der Waals surface area contributed by atoms with Gasteiger partial charge in [0, 0.05) is 17.1 Å². The molecule has 0 aliphatic heterocycles. The molecule has 2 N–H and O–H groups in total. The smallest absolute Gasteiger partial charge is 1.00 e. The van der Waals surface area contributed by atoms with Crippen molar-refractivity contribution in [2.45, 2.75) is 0 Å². The second kappa shape index (κ2) is 9.64. The van der Waals surface area contributed by atoms with E-state index in [0.717, 1.165) is 0 Å². The maximum atomic E-state index is 8.74. The summed E-state index contributed by atoms with van der Waals surface area (Å²) >= 11 is 0. The molecule has 0 bridgehead atoms. The van der Waals surface area contributed by atoms with Gasteiger partial charge in [-0.2, -0.15) is 0 Å². The van der Waals surface area contributed by atoms with Crippen molar-refractivity contribution in [3.8, 4) is 0 Å². The molecule has 0 atom stereocenters. The largest absolute Gasteiger partial charge is 2.00 e. The van der Waals surface area contributed by atoms with Crippen LogP contribution in [0, 0.1) is 0 Å². The standard InChI is InChI=1S/Ca.Mn.H2O3Si.2H/c;;1-4(2)3;;/h;;1-2H;;/q+2;;;2*-1. The predicted molar refractivity (Wildman–Crippen MR) is 18.9 cm³/mol. The second-order valence-corrected chi connectivity index (χ2v) is 0.848. The molecular weight excluding hydrogens is 171 g/mol. The van der Waals surface area contributed by atoms with E-state index in [0.29, 0.717) is 0 Å². The van der Waals surface area contributed by atoms with Gasteiger partial charge >= 0.3 is 46.9 Å². The third-order valence-electron chi connectivity index (χ3n) is 0. The molecule has 0 rings (SSSR count). The third-order valence-corrected chi connectivity index (χ3v) is 0. The Morgan fingerprint density at radius 1 is 1.50 bits per heavy atom. The molecule has 0 aliphatic rings. The van der Waals surface area contributed by atoms with Crippen molar-refractivity contribution >= 4 is 46.9 Å². The van der Waals surface area contributed by atoms with Gasteiger partial charge in [0.1, 0.15) is 0 Å². The molecule has 0 aromatic rings. The fourth-order valence-electron chi connectivity index (χ4n) is 0. The zero-order valence-corrected chi connectivity index (χ0v) is 7.28. The third kappa shape index (κ3) is 53.5. The van der Waals surface area contributed by atoms with Gasteiger partial charge < -0.3 is 12.4 Å². The summed E-state index contributed by atoms with van der Waals surface area (Å²) in [5.74, 6) is 0. The summed E-state index contributed by atoms with van der Waals surface area (Å²) in [5.41, 5.74) is 0. The van der Waals surface area contributed by atoms with Gasteiger partial charge in [0.25, 0.3) is 0 Å². The Morgan fingerprint density at radius 3 is 1.50 bits per heavy atom. The van der Waals surface area contributed by atoms with Crippen molar-refractivity contribution in [1.29, 1.82) is 0 Å². The molecule has 35 valence electrons. The molecule has 1 radical (unpaired) electrons. The fraction of sp³-hybridized carbons (Fsp3) is 0. The van der Waals surface area contributed by atoms with Crippen LogP contribution in [0.3, 0.4) is 0 Å². The molecule has 0 saturated carbocycles. The minimum absolute atomic E-state index is 0. The first-order valence-electron chi connectivity index (χ1n) is 0.651. The van der Waals surface area contributed by atoms with Crippen molar-refractivity contribution in [2.75, 3.05) is 0 Å². The molecule has 3 nitrogen and oxygen atoms in total. The van der Waals surface area contributed by atoms with Crippen molar-refractivity contribution in [3.63, 3.8) is 0 Å². The number of hydrogen-bond acceptors (Lipinski definition) is 1. The van der Waals surface area contributed by atoms with Gasteiger partial charge in [0.15, 0.2) is 0 Å². The van der Waals surface area contributed by atoms with Crippen LogP contribution in [0.2, 0.25) is 0 Å². The van der Waals surface area contributed by atoms with Crippen LogP contribution in [0.5, 0.6) is 0 Å². The van der Waals surface area contributed by atoms with Gasteiger partial charge in [-0.1, -0.05) is 0 Å². The maximum absolute atomic E-state index is 8.74. The zero-order chi connectivity index (χ0) is 3.58. The Balaban J connectivity index is -0.00000000750. The zero-order valence-electron chi connectivity index (χ0n) is 4.89. The van der Waals surface area contributed by atoms with E-state index >= 15 is 0 Å². The van der Waals surface area contributed by atoms with E-state index < -0.39 is 9.17 Å². The van der Waals surface area contributed by atoms with Gasteiger partial charge in [0.2, 0.25) is 0 Å². The van der Waals surface area contributed by atoms with E-state index in [1.165, 1.54) is 0 Å². The van der Waals surface area contributed by atoms with Crippen LogP contribution in [-0.4, -0.2) is 56.5 Å². The van der Waals surface area contributed by atoms with Gasteiger partial charge in [-0.25, -0.2) is 0 Å². The SMILES string of the molecule is O=[Si](O)O.[Ca+2].[H-].[H-].[Mn]. The van der Waals surface area contributed by atoms with Crippen molar-refractivity contribution in [3.05, 3.63) is 0 Å². The Kier molecular flexibility index (Phi) is 25.1. The van der Waals surface area contributed by atoms with E-state index in [1.54, 1.807) is 0 Å². The second-order valence-electron chi connectivity index (χ2n) is 0.283. The van der Waals surface area contributed by atoms with Crippen LogP contribution in [0.15, 0.2) is 0 Å². The van der Waals surface area contributed by atoms with Crippen molar-refractivity contribution in [2.24, 2.45) is 0 Å². The van der Waals surface area contributed by atoms with Crippen LogP contribution < -0.4 is 0 Å². The Bertz CT molecular complexity index is 40.3. The molecule has 0 fully saturated rings. The summed E-state index contributed by atoms with van der Waals surface area (Å²) in [7, 11) is -3.13. The summed E-state index contributed by atoms with van der Waals surface area (Å²) in [6, 6.07) is 0. The molecule has 0 aliphatic carbocycles. The molecule has 0 aromatic carbocycles. The molecule has 6 heteroatoms. The van der Waals surface area contributed by atoms with Crippen LogP contribution in [0.25, 0.3) is 0 Å². The minimum atomic E-state index is -3.13. The maximum Gasteiger partial charge on any atom is 2.00 e. The van der Waals surface area contributed by atoms with Crippen molar-refractivity contribution in [1.82, 2.24) is 0 Å². The summed E-state index contributed by atoms with van der Waals surface area (Å²) in [5, 5.41) is 0. The van der Waals surface area contributed by atoms with Gasteiger partial charge in [0.05, 0.1) is 0 Å². The van der Waals surface area contributed by atoms with E-state index in [4.69, 9.17) is 14.1 Å². The molecule has 0 heterocycles. The Morgan fingerprint density at radius 2 is 1.50 bits per heavy atom. The summed E-state index contributed by atoms with van der Waals surface area (Å²) in [6.45, 7) is 0. The average molecular weight is 175 g/mol. The quantitative estimate of drug-likeness (QED) is 0.428. The average Bonchev–Trinajstić information content (AvgIpc) is 0.811. The molecule has 0 spiro atoms. The first kappa shape index (κ1) is 15.7. The normalized spacial score (nSPS) is 4.00. The minimum Gasteiger partial charge on any atom is -1.00 e. The number of hydrogen-bond donors (Lipinski definition) is 2. The topological polar surface area (TPSA) is 57.5 Å². The van der Waals surface area contributed by atoms with Crippen LogP contribution >= 0.6 is 0 Å². The van der Waals surface area contributed by atoms with E-state index in [9.17, 15) is 0 Å². The Labute approximate surface area is 80.1 Å². The summed E-state index contributed by atoms with van der Waals surface area (Å²) in [6.07, 6.45) is 0. The predicted octanol–water partition coefficient (Wildman–Crippen LogP) is -1.77. The summed E-state index contributed by atoms with van der Waals surface area (Å²) in [4.78, 5) is 14.3. The van der Waals surface area contributed by atoms with Crippen LogP contribution in [0.1, 0.15) is 2.85 Å². The fourth-order valence-corrected chi connectivity index (χ4v) is 0. The molecule has 0 amide bonds. The van der Waals surface area contributed by atoms with E-state index in [1.807, 2.05) is 0 Å². The first-order chi connectivity index (χ1) is 1.73. The van der Waals surface area contributed by atoms with E-state index in [2.05, 4.69) is 0 Å². The first-order valence-corrected chi connectivity index (χ1v) is 1.95. The Hall–Kier alpha value is 1.40.